The number of hydrogen-bond donors (Lipinski definition) is 1. The second kappa shape index (κ2) is 5.02. The Balaban J connectivity index is 2.31. The van der Waals surface area contributed by atoms with E-state index in [-0.39, 0.29) is 12.1 Å². The van der Waals surface area contributed by atoms with Crippen molar-refractivity contribution in [3.05, 3.63) is 23.9 Å². The molecule has 1 aliphatic rings. The van der Waals surface area contributed by atoms with Crippen LogP contribution in [0.4, 0.5) is 5.82 Å². The van der Waals surface area contributed by atoms with Crippen LogP contribution in [0.3, 0.4) is 0 Å². The van der Waals surface area contributed by atoms with Gasteiger partial charge in [0.1, 0.15) is 5.82 Å². The summed E-state index contributed by atoms with van der Waals surface area (Å²) < 4.78 is 5.64. The normalized spacial score (nSPS) is 26.9. The van der Waals surface area contributed by atoms with Gasteiger partial charge in [0.15, 0.2) is 0 Å². The molecule has 2 rings (SSSR count). The molecule has 1 saturated heterocycles. The smallest absolute Gasteiger partial charge is 0.133 e. The van der Waals surface area contributed by atoms with Gasteiger partial charge in [-0.1, -0.05) is 6.07 Å². The molecule has 0 radical (unpaired) electrons. The molecule has 17 heavy (non-hydrogen) atoms. The van der Waals surface area contributed by atoms with E-state index in [2.05, 4.69) is 29.8 Å². The first kappa shape index (κ1) is 12.3. The molecule has 3 atom stereocenters. The first-order valence-electron chi connectivity index (χ1n) is 6.18. The van der Waals surface area contributed by atoms with Crippen molar-refractivity contribution in [2.45, 2.75) is 39.0 Å². The van der Waals surface area contributed by atoms with E-state index in [1.165, 1.54) is 0 Å². The van der Waals surface area contributed by atoms with E-state index in [0.717, 1.165) is 24.5 Å². The number of rotatable bonds is 2. The average molecular weight is 235 g/mol. The van der Waals surface area contributed by atoms with E-state index >= 15 is 0 Å². The van der Waals surface area contributed by atoms with Crippen LogP contribution >= 0.6 is 0 Å². The van der Waals surface area contributed by atoms with Gasteiger partial charge in [0, 0.05) is 24.3 Å². The standard InChI is InChI=1S/C13H21N3O/c1-9-8-17-10(2)7-16(9)13-12(11(3)14)5-4-6-15-13/h4-6,9-11H,7-8,14H2,1-3H3/t9?,10?,11-/m1/s1. The number of anilines is 1. The molecule has 0 aliphatic carbocycles. The summed E-state index contributed by atoms with van der Waals surface area (Å²) in [6.07, 6.45) is 2.07. The Bertz CT molecular complexity index is 381. The Hall–Kier alpha value is -1.13. The number of nitrogens with two attached hydrogens (primary N) is 1. The van der Waals surface area contributed by atoms with Crippen LogP contribution in [0.15, 0.2) is 18.3 Å². The van der Waals surface area contributed by atoms with Gasteiger partial charge >= 0.3 is 0 Å². The van der Waals surface area contributed by atoms with Gasteiger partial charge < -0.3 is 15.4 Å². The van der Waals surface area contributed by atoms with Crippen LogP contribution in [-0.2, 0) is 4.74 Å². The molecule has 4 nitrogen and oxygen atoms in total. The topological polar surface area (TPSA) is 51.4 Å². The fraction of sp³-hybridized carbons (Fsp3) is 0.615. The molecule has 2 heterocycles. The second-order valence-electron chi connectivity index (χ2n) is 4.85. The molecule has 1 fully saturated rings. The minimum atomic E-state index is 0.00375. The molecule has 0 spiro atoms. The molecule has 0 amide bonds. The van der Waals surface area contributed by atoms with Crippen LogP contribution in [0.5, 0.6) is 0 Å². The van der Waals surface area contributed by atoms with E-state index in [1.807, 2.05) is 19.2 Å². The van der Waals surface area contributed by atoms with Gasteiger partial charge in [-0.05, 0) is 26.8 Å². The van der Waals surface area contributed by atoms with Crippen molar-refractivity contribution in [1.82, 2.24) is 4.98 Å². The number of aromatic nitrogens is 1. The third kappa shape index (κ3) is 2.58. The van der Waals surface area contributed by atoms with E-state index in [0.29, 0.717) is 6.04 Å². The third-order valence-corrected chi connectivity index (χ3v) is 3.19. The lowest BCUT2D eigenvalue weighted by Gasteiger charge is -2.38. The molecule has 4 heteroatoms. The quantitative estimate of drug-likeness (QED) is 0.848. The zero-order chi connectivity index (χ0) is 12.4. The Morgan fingerprint density at radius 2 is 2.29 bits per heavy atom. The molecular weight excluding hydrogens is 214 g/mol. The zero-order valence-electron chi connectivity index (χ0n) is 10.8. The van der Waals surface area contributed by atoms with Gasteiger partial charge in [-0.2, -0.15) is 0 Å². The van der Waals surface area contributed by atoms with Crippen molar-refractivity contribution < 1.29 is 4.74 Å². The molecule has 0 saturated carbocycles. The van der Waals surface area contributed by atoms with E-state index in [4.69, 9.17) is 10.5 Å². The highest BCUT2D eigenvalue weighted by molar-refractivity contribution is 5.49. The van der Waals surface area contributed by atoms with Gasteiger partial charge in [-0.25, -0.2) is 4.98 Å². The second-order valence-corrected chi connectivity index (χ2v) is 4.85. The Kier molecular flexibility index (Phi) is 3.64. The fourth-order valence-electron chi connectivity index (χ4n) is 2.20. The summed E-state index contributed by atoms with van der Waals surface area (Å²) in [5.74, 6) is 1.00. The molecule has 1 aromatic heterocycles. The largest absolute Gasteiger partial charge is 0.375 e. The summed E-state index contributed by atoms with van der Waals surface area (Å²) in [4.78, 5) is 6.80. The molecule has 0 aromatic carbocycles. The van der Waals surface area contributed by atoms with Crippen LogP contribution in [0.2, 0.25) is 0 Å². The Morgan fingerprint density at radius 3 is 3.00 bits per heavy atom. The summed E-state index contributed by atoms with van der Waals surface area (Å²) in [6.45, 7) is 7.86. The van der Waals surface area contributed by atoms with Crippen molar-refractivity contribution in [2.24, 2.45) is 5.73 Å². The van der Waals surface area contributed by atoms with Crippen molar-refractivity contribution in [2.75, 3.05) is 18.1 Å². The van der Waals surface area contributed by atoms with Crippen LogP contribution in [0, 0.1) is 0 Å². The highest BCUT2D eigenvalue weighted by Crippen LogP contribution is 2.26. The predicted octanol–water partition coefficient (Wildman–Crippen LogP) is 1.71. The summed E-state index contributed by atoms with van der Waals surface area (Å²) in [7, 11) is 0. The highest BCUT2D eigenvalue weighted by Gasteiger charge is 2.26. The number of morpholine rings is 1. The lowest BCUT2D eigenvalue weighted by Crippen LogP contribution is -2.48. The molecular formula is C13H21N3O. The number of ether oxygens (including phenoxy) is 1. The van der Waals surface area contributed by atoms with Crippen LogP contribution in [0.25, 0.3) is 0 Å². The van der Waals surface area contributed by atoms with E-state index in [1.54, 1.807) is 0 Å². The summed E-state index contributed by atoms with van der Waals surface area (Å²) >= 11 is 0. The summed E-state index contributed by atoms with van der Waals surface area (Å²) in [5, 5.41) is 0. The predicted molar refractivity (Wildman–Crippen MR) is 69.1 cm³/mol. The van der Waals surface area contributed by atoms with Crippen molar-refractivity contribution in [3.63, 3.8) is 0 Å². The highest BCUT2D eigenvalue weighted by atomic mass is 16.5. The molecule has 0 bridgehead atoms. The van der Waals surface area contributed by atoms with E-state index < -0.39 is 0 Å². The molecule has 1 aliphatic heterocycles. The number of pyridine rings is 1. The van der Waals surface area contributed by atoms with Crippen LogP contribution in [-0.4, -0.2) is 30.3 Å². The van der Waals surface area contributed by atoms with E-state index in [9.17, 15) is 0 Å². The van der Waals surface area contributed by atoms with Gasteiger partial charge in [-0.3, -0.25) is 0 Å². The van der Waals surface area contributed by atoms with Crippen LogP contribution < -0.4 is 10.6 Å². The maximum absolute atomic E-state index is 6.00. The first-order valence-corrected chi connectivity index (χ1v) is 6.18. The number of nitrogens with zero attached hydrogens (tertiary/aromatic N) is 2. The summed E-state index contributed by atoms with van der Waals surface area (Å²) in [5.41, 5.74) is 7.11. The Labute approximate surface area is 103 Å². The molecule has 2 unspecified atom stereocenters. The molecule has 2 N–H and O–H groups in total. The maximum Gasteiger partial charge on any atom is 0.133 e. The SMILES string of the molecule is CC1CN(c2ncccc2[C@@H](C)N)C(C)CO1. The maximum atomic E-state index is 6.00. The monoisotopic (exact) mass is 235 g/mol. The first-order chi connectivity index (χ1) is 8.09. The van der Waals surface area contributed by atoms with Gasteiger partial charge in [0.25, 0.3) is 0 Å². The van der Waals surface area contributed by atoms with Crippen molar-refractivity contribution in [3.8, 4) is 0 Å². The lowest BCUT2D eigenvalue weighted by molar-refractivity contribution is 0.0339. The molecule has 1 aromatic rings. The minimum absolute atomic E-state index is 0.00375. The van der Waals surface area contributed by atoms with Crippen molar-refractivity contribution in [1.29, 1.82) is 0 Å². The third-order valence-electron chi connectivity index (χ3n) is 3.19. The summed E-state index contributed by atoms with van der Waals surface area (Å²) in [6, 6.07) is 4.35. The molecule has 94 valence electrons. The number of hydrogen-bond acceptors (Lipinski definition) is 4. The van der Waals surface area contributed by atoms with Crippen molar-refractivity contribution >= 4 is 5.82 Å². The lowest BCUT2D eigenvalue weighted by atomic mass is 10.1. The van der Waals surface area contributed by atoms with Crippen LogP contribution in [0.1, 0.15) is 32.4 Å². The Morgan fingerprint density at radius 1 is 1.53 bits per heavy atom. The zero-order valence-corrected chi connectivity index (χ0v) is 10.8. The average Bonchev–Trinajstić information content (AvgIpc) is 2.32. The van der Waals surface area contributed by atoms with Gasteiger partial charge in [0.2, 0.25) is 0 Å². The van der Waals surface area contributed by atoms with Gasteiger partial charge in [-0.15, -0.1) is 0 Å². The fourth-order valence-corrected chi connectivity index (χ4v) is 2.20. The minimum Gasteiger partial charge on any atom is -0.375 e. The van der Waals surface area contributed by atoms with Gasteiger partial charge in [0.05, 0.1) is 18.8 Å².